The number of carbonyl (C=O) groups excluding carboxylic acids is 1. The van der Waals surface area contributed by atoms with E-state index in [4.69, 9.17) is 4.52 Å². The number of amides is 1. The summed E-state index contributed by atoms with van der Waals surface area (Å²) in [7, 11) is 0. The molecule has 0 bridgehead atoms. The molecule has 1 aromatic heterocycles. The van der Waals surface area contributed by atoms with Gasteiger partial charge in [0.25, 0.3) is 11.6 Å². The number of nitro benzene ring substituents is 1. The molecule has 0 saturated carbocycles. The van der Waals surface area contributed by atoms with E-state index in [0.717, 1.165) is 6.42 Å². The van der Waals surface area contributed by atoms with Crippen molar-refractivity contribution < 1.29 is 14.2 Å². The first-order chi connectivity index (χ1) is 10.1. The molecule has 21 heavy (non-hydrogen) atoms. The van der Waals surface area contributed by atoms with Crippen LogP contribution in [-0.2, 0) is 13.0 Å². The standard InChI is InChI=1S/C13H14N4O4/c1-2-4-12-15-11(16-21-12)8-14-13(18)9-5-3-6-10(7-9)17(19)20/h3,5-7H,2,4,8H2,1H3,(H,14,18). The highest BCUT2D eigenvalue weighted by Crippen LogP contribution is 2.13. The molecule has 8 heteroatoms. The summed E-state index contributed by atoms with van der Waals surface area (Å²) in [4.78, 5) is 26.1. The van der Waals surface area contributed by atoms with Crippen molar-refractivity contribution in [2.45, 2.75) is 26.3 Å². The van der Waals surface area contributed by atoms with Crippen LogP contribution in [0.15, 0.2) is 28.8 Å². The molecule has 0 atom stereocenters. The van der Waals surface area contributed by atoms with Gasteiger partial charge in [0.05, 0.1) is 11.5 Å². The van der Waals surface area contributed by atoms with Gasteiger partial charge in [0, 0.05) is 24.1 Å². The van der Waals surface area contributed by atoms with Crippen molar-refractivity contribution in [2.75, 3.05) is 0 Å². The Morgan fingerprint density at radius 2 is 2.29 bits per heavy atom. The minimum atomic E-state index is -0.549. The number of hydrogen-bond acceptors (Lipinski definition) is 6. The molecule has 0 aliphatic heterocycles. The summed E-state index contributed by atoms with van der Waals surface area (Å²) < 4.78 is 4.99. The Labute approximate surface area is 120 Å². The predicted octanol–water partition coefficient (Wildman–Crippen LogP) is 1.86. The highest BCUT2D eigenvalue weighted by atomic mass is 16.6. The molecule has 1 aromatic carbocycles. The number of nitro groups is 1. The van der Waals surface area contributed by atoms with Crippen LogP contribution < -0.4 is 5.32 Å². The molecule has 0 unspecified atom stereocenters. The SMILES string of the molecule is CCCc1nc(CNC(=O)c2cccc([N+](=O)[O-])c2)no1. The second kappa shape index (κ2) is 6.60. The van der Waals surface area contributed by atoms with E-state index in [1.165, 1.54) is 24.3 Å². The van der Waals surface area contributed by atoms with Crippen molar-refractivity contribution in [3.05, 3.63) is 51.7 Å². The molecule has 8 nitrogen and oxygen atoms in total. The lowest BCUT2D eigenvalue weighted by molar-refractivity contribution is -0.384. The van der Waals surface area contributed by atoms with Gasteiger partial charge in [-0.2, -0.15) is 4.98 Å². The molecule has 1 N–H and O–H groups in total. The Kier molecular flexibility index (Phi) is 4.60. The first kappa shape index (κ1) is 14.6. The first-order valence-corrected chi connectivity index (χ1v) is 6.44. The zero-order valence-electron chi connectivity index (χ0n) is 11.4. The van der Waals surface area contributed by atoms with Gasteiger partial charge in [-0.15, -0.1) is 0 Å². The molecule has 1 heterocycles. The summed E-state index contributed by atoms with van der Waals surface area (Å²) in [5.74, 6) is 0.467. The van der Waals surface area contributed by atoms with Gasteiger partial charge < -0.3 is 9.84 Å². The zero-order valence-corrected chi connectivity index (χ0v) is 11.4. The monoisotopic (exact) mass is 290 g/mol. The van der Waals surface area contributed by atoms with Crippen molar-refractivity contribution >= 4 is 11.6 Å². The van der Waals surface area contributed by atoms with Crippen molar-refractivity contribution in [1.82, 2.24) is 15.5 Å². The average Bonchev–Trinajstić information content (AvgIpc) is 2.93. The molecule has 2 rings (SSSR count). The van der Waals surface area contributed by atoms with Gasteiger partial charge in [0.2, 0.25) is 5.89 Å². The van der Waals surface area contributed by atoms with Crippen molar-refractivity contribution in [1.29, 1.82) is 0 Å². The Morgan fingerprint density at radius 3 is 3.00 bits per heavy atom. The van der Waals surface area contributed by atoms with E-state index in [1.54, 1.807) is 0 Å². The van der Waals surface area contributed by atoms with Crippen LogP contribution in [0.4, 0.5) is 5.69 Å². The fourth-order valence-corrected chi connectivity index (χ4v) is 1.70. The zero-order chi connectivity index (χ0) is 15.2. The maximum atomic E-state index is 11.9. The van der Waals surface area contributed by atoms with Gasteiger partial charge in [-0.1, -0.05) is 18.1 Å². The number of nitrogens with zero attached hydrogens (tertiary/aromatic N) is 3. The summed E-state index contributed by atoms with van der Waals surface area (Å²) in [6, 6.07) is 5.50. The molecular weight excluding hydrogens is 276 g/mol. The van der Waals surface area contributed by atoms with E-state index < -0.39 is 10.8 Å². The van der Waals surface area contributed by atoms with E-state index in [-0.39, 0.29) is 17.8 Å². The lowest BCUT2D eigenvalue weighted by Crippen LogP contribution is -2.23. The highest BCUT2D eigenvalue weighted by Gasteiger charge is 2.12. The summed E-state index contributed by atoms with van der Waals surface area (Å²) in [5, 5.41) is 17.0. The number of hydrogen-bond donors (Lipinski definition) is 1. The second-order valence-electron chi connectivity index (χ2n) is 4.34. The Morgan fingerprint density at radius 1 is 1.48 bits per heavy atom. The van der Waals surface area contributed by atoms with Gasteiger partial charge in [-0.3, -0.25) is 14.9 Å². The Balaban J connectivity index is 1.97. The van der Waals surface area contributed by atoms with E-state index in [1.807, 2.05) is 6.92 Å². The van der Waals surface area contributed by atoms with Gasteiger partial charge in [0.15, 0.2) is 5.82 Å². The number of aromatic nitrogens is 2. The molecule has 0 radical (unpaired) electrons. The van der Waals surface area contributed by atoms with Crippen LogP contribution in [-0.4, -0.2) is 21.0 Å². The molecule has 0 aliphatic rings. The number of carbonyl (C=O) groups is 1. The number of benzene rings is 1. The first-order valence-electron chi connectivity index (χ1n) is 6.44. The summed E-state index contributed by atoms with van der Waals surface area (Å²) in [5.41, 5.74) is 0.0777. The average molecular weight is 290 g/mol. The van der Waals surface area contributed by atoms with E-state index in [0.29, 0.717) is 18.1 Å². The predicted molar refractivity (Wildman–Crippen MR) is 72.6 cm³/mol. The van der Waals surface area contributed by atoms with Gasteiger partial charge in [0.1, 0.15) is 0 Å². The molecule has 1 amide bonds. The molecule has 0 fully saturated rings. The molecule has 110 valence electrons. The van der Waals surface area contributed by atoms with Gasteiger partial charge >= 0.3 is 0 Å². The number of non-ortho nitro benzene ring substituents is 1. The highest BCUT2D eigenvalue weighted by molar-refractivity contribution is 5.94. The van der Waals surface area contributed by atoms with Crippen LogP contribution in [0.3, 0.4) is 0 Å². The normalized spacial score (nSPS) is 10.3. The smallest absolute Gasteiger partial charge is 0.270 e. The van der Waals surface area contributed by atoms with Gasteiger partial charge in [-0.25, -0.2) is 0 Å². The maximum absolute atomic E-state index is 11.9. The fraction of sp³-hybridized carbons (Fsp3) is 0.308. The topological polar surface area (TPSA) is 111 Å². The molecule has 0 saturated heterocycles. The Bertz CT molecular complexity index is 653. The molecule has 0 aliphatic carbocycles. The lowest BCUT2D eigenvalue weighted by atomic mass is 10.2. The van der Waals surface area contributed by atoms with Crippen LogP contribution in [0.1, 0.15) is 35.4 Å². The van der Waals surface area contributed by atoms with Crippen LogP contribution in [0, 0.1) is 10.1 Å². The minimum absolute atomic E-state index is 0.106. The van der Waals surface area contributed by atoms with Crippen molar-refractivity contribution in [3.8, 4) is 0 Å². The maximum Gasteiger partial charge on any atom is 0.270 e. The Hall–Kier alpha value is -2.77. The van der Waals surface area contributed by atoms with E-state index in [9.17, 15) is 14.9 Å². The molecule has 0 spiro atoms. The minimum Gasteiger partial charge on any atom is -0.345 e. The van der Waals surface area contributed by atoms with Crippen molar-refractivity contribution in [2.24, 2.45) is 0 Å². The van der Waals surface area contributed by atoms with Crippen LogP contribution in [0.25, 0.3) is 0 Å². The third kappa shape index (κ3) is 3.85. The van der Waals surface area contributed by atoms with E-state index in [2.05, 4.69) is 15.5 Å². The van der Waals surface area contributed by atoms with E-state index >= 15 is 0 Å². The third-order valence-corrected chi connectivity index (χ3v) is 2.70. The number of rotatable bonds is 6. The summed E-state index contributed by atoms with van der Waals surface area (Å²) in [6.07, 6.45) is 1.58. The van der Waals surface area contributed by atoms with Crippen LogP contribution >= 0.6 is 0 Å². The largest absolute Gasteiger partial charge is 0.345 e. The number of aryl methyl sites for hydroxylation is 1. The lowest BCUT2D eigenvalue weighted by Gasteiger charge is -2.02. The van der Waals surface area contributed by atoms with Gasteiger partial charge in [-0.05, 0) is 12.5 Å². The second-order valence-corrected chi connectivity index (χ2v) is 4.34. The fourth-order valence-electron chi connectivity index (χ4n) is 1.70. The summed E-state index contributed by atoms with van der Waals surface area (Å²) in [6.45, 7) is 2.10. The number of nitrogens with one attached hydrogen (secondary N) is 1. The summed E-state index contributed by atoms with van der Waals surface area (Å²) >= 11 is 0. The molecule has 2 aromatic rings. The van der Waals surface area contributed by atoms with Crippen molar-refractivity contribution in [3.63, 3.8) is 0 Å². The van der Waals surface area contributed by atoms with Crippen LogP contribution in [0.2, 0.25) is 0 Å². The molecular formula is C13H14N4O4. The quantitative estimate of drug-likeness (QED) is 0.642. The van der Waals surface area contributed by atoms with Crippen LogP contribution in [0.5, 0.6) is 0 Å². The third-order valence-electron chi connectivity index (χ3n) is 2.70.